The summed E-state index contributed by atoms with van der Waals surface area (Å²) in [5.74, 6) is 2.06. The van der Waals surface area contributed by atoms with E-state index >= 15 is 0 Å². The van der Waals surface area contributed by atoms with Crippen LogP contribution in [-0.4, -0.2) is 9.55 Å². The van der Waals surface area contributed by atoms with Gasteiger partial charge in [0.1, 0.15) is 5.82 Å². The highest BCUT2D eigenvalue weighted by Gasteiger charge is 2.19. The van der Waals surface area contributed by atoms with Gasteiger partial charge in [0.25, 0.3) is 0 Å². The highest BCUT2D eigenvalue weighted by atomic mass is 15.1. The van der Waals surface area contributed by atoms with Crippen LogP contribution in [-0.2, 0) is 0 Å². The first-order valence-corrected chi connectivity index (χ1v) is 20.8. The highest BCUT2D eigenvalue weighted by molar-refractivity contribution is 5.02. The molecule has 0 N–H and O–H groups in total. The largest absolute Gasteiger partial charge is 0.332 e. The Hall–Kier alpha value is -0.790. The van der Waals surface area contributed by atoms with Crippen molar-refractivity contribution in [1.29, 1.82) is 0 Å². The van der Waals surface area contributed by atoms with Crippen LogP contribution in [0.3, 0.4) is 0 Å². The second-order valence-corrected chi connectivity index (χ2v) is 14.7. The molecular formula is C42H82N2. The van der Waals surface area contributed by atoms with E-state index in [-0.39, 0.29) is 0 Å². The Kier molecular flexibility index (Phi) is 30.1. The average molecular weight is 615 g/mol. The summed E-state index contributed by atoms with van der Waals surface area (Å²) >= 11 is 0. The van der Waals surface area contributed by atoms with Crippen molar-refractivity contribution in [2.24, 2.45) is 0 Å². The van der Waals surface area contributed by atoms with E-state index < -0.39 is 0 Å². The third-order valence-corrected chi connectivity index (χ3v) is 10.3. The number of rotatable bonds is 35. The normalized spacial score (nSPS) is 13.1. The number of aromatic nitrogens is 2. The molecule has 0 fully saturated rings. The molecule has 0 aliphatic rings. The van der Waals surface area contributed by atoms with E-state index in [1.165, 1.54) is 218 Å². The lowest BCUT2D eigenvalue weighted by Gasteiger charge is -2.22. The van der Waals surface area contributed by atoms with Gasteiger partial charge >= 0.3 is 0 Å². The topological polar surface area (TPSA) is 17.8 Å². The van der Waals surface area contributed by atoms with Gasteiger partial charge in [0.2, 0.25) is 0 Å². The van der Waals surface area contributed by atoms with Crippen LogP contribution in [0.5, 0.6) is 0 Å². The van der Waals surface area contributed by atoms with E-state index in [0.29, 0.717) is 12.0 Å². The first-order valence-electron chi connectivity index (χ1n) is 20.8. The van der Waals surface area contributed by atoms with Crippen molar-refractivity contribution in [3.8, 4) is 0 Å². The van der Waals surface area contributed by atoms with E-state index in [9.17, 15) is 0 Å². The van der Waals surface area contributed by atoms with E-state index in [1.54, 1.807) is 0 Å². The smallest absolute Gasteiger partial charge is 0.111 e. The Bertz CT molecular complexity index is 679. The molecule has 0 spiro atoms. The average Bonchev–Trinajstić information content (AvgIpc) is 3.52. The Labute approximate surface area is 278 Å². The van der Waals surface area contributed by atoms with Gasteiger partial charge in [0, 0.05) is 24.4 Å². The van der Waals surface area contributed by atoms with Gasteiger partial charge in [-0.3, -0.25) is 0 Å². The third kappa shape index (κ3) is 23.5. The van der Waals surface area contributed by atoms with Crippen LogP contribution in [0.15, 0.2) is 12.4 Å². The van der Waals surface area contributed by atoms with Gasteiger partial charge in [-0.2, -0.15) is 0 Å². The molecule has 2 nitrogen and oxygen atoms in total. The Morgan fingerprint density at radius 1 is 0.432 bits per heavy atom. The van der Waals surface area contributed by atoms with Gasteiger partial charge < -0.3 is 4.57 Å². The summed E-state index contributed by atoms with van der Waals surface area (Å²) in [4.78, 5) is 4.98. The molecule has 1 aromatic heterocycles. The predicted octanol–water partition coefficient (Wildman–Crippen LogP) is 15.5. The maximum atomic E-state index is 4.98. The molecule has 0 aliphatic heterocycles. The SMILES string of the molecule is CCCCCCCCCCCCCCCCCC(C)n1ccnc1C(CCCCC)CCCCCCCCCCCCCC. The fraction of sp³-hybridized carbons (Fsp3) is 0.929. The van der Waals surface area contributed by atoms with Crippen molar-refractivity contribution in [2.45, 2.75) is 252 Å². The molecule has 0 bridgehead atoms. The second-order valence-electron chi connectivity index (χ2n) is 14.7. The summed E-state index contributed by atoms with van der Waals surface area (Å²) in [6.07, 6.45) is 51.2. The van der Waals surface area contributed by atoms with Crippen LogP contribution in [0.1, 0.15) is 257 Å². The second kappa shape index (κ2) is 32.2. The van der Waals surface area contributed by atoms with Crippen LogP contribution in [0.2, 0.25) is 0 Å². The van der Waals surface area contributed by atoms with E-state index in [4.69, 9.17) is 4.98 Å². The number of hydrogen-bond acceptors (Lipinski definition) is 1. The summed E-state index contributed by atoms with van der Waals surface area (Å²) in [5.41, 5.74) is 0. The molecule has 0 amide bonds. The molecule has 0 saturated heterocycles. The molecule has 1 aromatic rings. The number of imidazole rings is 1. The first-order chi connectivity index (χ1) is 21.7. The minimum absolute atomic E-state index is 0.588. The fourth-order valence-corrected chi connectivity index (χ4v) is 7.24. The molecule has 2 atom stereocenters. The minimum Gasteiger partial charge on any atom is -0.332 e. The van der Waals surface area contributed by atoms with Crippen LogP contribution < -0.4 is 0 Å². The Morgan fingerprint density at radius 3 is 1.11 bits per heavy atom. The van der Waals surface area contributed by atoms with Gasteiger partial charge in [0.15, 0.2) is 0 Å². The van der Waals surface area contributed by atoms with Gasteiger partial charge in [0.05, 0.1) is 0 Å². The molecule has 1 heterocycles. The van der Waals surface area contributed by atoms with Crippen molar-refractivity contribution in [2.75, 3.05) is 0 Å². The van der Waals surface area contributed by atoms with Crippen molar-refractivity contribution < 1.29 is 0 Å². The number of nitrogens with zero attached hydrogens (tertiary/aromatic N) is 2. The predicted molar refractivity (Wildman–Crippen MR) is 199 cm³/mol. The van der Waals surface area contributed by atoms with Crippen LogP contribution >= 0.6 is 0 Å². The maximum absolute atomic E-state index is 4.98. The lowest BCUT2D eigenvalue weighted by molar-refractivity contribution is 0.414. The van der Waals surface area contributed by atoms with Crippen LogP contribution in [0, 0.1) is 0 Å². The van der Waals surface area contributed by atoms with E-state index in [2.05, 4.69) is 44.7 Å². The highest BCUT2D eigenvalue weighted by Crippen LogP contribution is 2.30. The Balaban J connectivity index is 2.20. The standard InChI is InChI=1S/C42H82N2/c1-5-8-11-13-15-17-19-21-22-23-24-26-28-30-33-35-40(4)44-39-38-43-42(44)41(36-32-10-7-3)37-34-31-29-27-25-20-18-16-14-12-9-6-2/h38-41H,5-37H2,1-4H3. The zero-order valence-electron chi connectivity index (χ0n) is 31.0. The molecule has 2 heteroatoms. The van der Waals surface area contributed by atoms with Crippen molar-refractivity contribution in [3.05, 3.63) is 18.2 Å². The number of hydrogen-bond donors (Lipinski definition) is 0. The molecule has 44 heavy (non-hydrogen) atoms. The minimum atomic E-state index is 0.588. The molecule has 0 saturated carbocycles. The third-order valence-electron chi connectivity index (χ3n) is 10.3. The molecule has 2 unspecified atom stereocenters. The monoisotopic (exact) mass is 615 g/mol. The molecule has 260 valence electrons. The van der Waals surface area contributed by atoms with Gasteiger partial charge in [-0.25, -0.2) is 4.98 Å². The van der Waals surface area contributed by atoms with Crippen LogP contribution in [0.25, 0.3) is 0 Å². The lowest BCUT2D eigenvalue weighted by Crippen LogP contribution is -2.13. The Morgan fingerprint density at radius 2 is 0.727 bits per heavy atom. The van der Waals surface area contributed by atoms with Crippen molar-refractivity contribution >= 4 is 0 Å². The number of unbranched alkanes of at least 4 members (excludes halogenated alkanes) is 27. The van der Waals surface area contributed by atoms with E-state index in [1.807, 2.05) is 0 Å². The lowest BCUT2D eigenvalue weighted by atomic mass is 9.93. The molecular weight excluding hydrogens is 532 g/mol. The van der Waals surface area contributed by atoms with Gasteiger partial charge in [-0.1, -0.05) is 213 Å². The summed E-state index contributed by atoms with van der Waals surface area (Å²) < 4.78 is 2.57. The van der Waals surface area contributed by atoms with Gasteiger partial charge in [-0.15, -0.1) is 0 Å². The zero-order valence-corrected chi connectivity index (χ0v) is 31.0. The zero-order chi connectivity index (χ0) is 31.8. The molecule has 0 aliphatic carbocycles. The van der Waals surface area contributed by atoms with E-state index in [0.717, 1.165) is 0 Å². The quantitative estimate of drug-likeness (QED) is 0.0695. The molecule has 1 rings (SSSR count). The molecule has 0 aromatic carbocycles. The first kappa shape index (κ1) is 41.2. The van der Waals surface area contributed by atoms with Crippen molar-refractivity contribution in [3.63, 3.8) is 0 Å². The van der Waals surface area contributed by atoms with Crippen LogP contribution in [0.4, 0.5) is 0 Å². The summed E-state index contributed by atoms with van der Waals surface area (Å²) in [6, 6.07) is 0.588. The maximum Gasteiger partial charge on any atom is 0.111 e. The van der Waals surface area contributed by atoms with Gasteiger partial charge in [-0.05, 0) is 26.2 Å². The summed E-state index contributed by atoms with van der Waals surface area (Å²) in [7, 11) is 0. The molecule has 0 radical (unpaired) electrons. The summed E-state index contributed by atoms with van der Waals surface area (Å²) in [6.45, 7) is 9.40. The summed E-state index contributed by atoms with van der Waals surface area (Å²) in [5, 5.41) is 0. The fourth-order valence-electron chi connectivity index (χ4n) is 7.24. The van der Waals surface area contributed by atoms with Crippen molar-refractivity contribution in [1.82, 2.24) is 9.55 Å².